The van der Waals surface area contributed by atoms with Gasteiger partial charge in [0.2, 0.25) is 0 Å². The Hall–Kier alpha value is -1.46. The van der Waals surface area contributed by atoms with Crippen molar-refractivity contribution in [2.45, 2.75) is 12.2 Å². The number of morpholine rings is 1. The zero-order valence-electron chi connectivity index (χ0n) is 13.3. The molecule has 0 spiro atoms. The molecule has 2 unspecified atom stereocenters. The number of halogens is 2. The predicted octanol–water partition coefficient (Wildman–Crippen LogP) is 4.11. The van der Waals surface area contributed by atoms with Gasteiger partial charge in [0.25, 0.3) is 0 Å². The summed E-state index contributed by atoms with van der Waals surface area (Å²) in [6.45, 7) is 2.16. The second-order valence-electron chi connectivity index (χ2n) is 5.48. The maximum atomic E-state index is 6.27. The third-order valence-electron chi connectivity index (χ3n) is 3.89. The van der Waals surface area contributed by atoms with Crippen molar-refractivity contribution in [2.75, 3.05) is 26.8 Å². The zero-order chi connectivity index (χ0) is 16.9. The summed E-state index contributed by atoms with van der Waals surface area (Å²) in [5.74, 6) is 1.33. The van der Waals surface area contributed by atoms with Gasteiger partial charge >= 0.3 is 0 Å². The average molecular weight is 368 g/mol. The molecule has 1 aliphatic heterocycles. The van der Waals surface area contributed by atoms with Crippen LogP contribution in [0.25, 0.3) is 0 Å². The van der Waals surface area contributed by atoms with Gasteiger partial charge in [0.1, 0.15) is 6.10 Å². The molecule has 0 amide bonds. The van der Waals surface area contributed by atoms with Crippen LogP contribution in [0.2, 0.25) is 10.0 Å². The molecule has 1 saturated heterocycles. The van der Waals surface area contributed by atoms with Crippen LogP contribution >= 0.6 is 23.2 Å². The van der Waals surface area contributed by atoms with Gasteiger partial charge in [-0.2, -0.15) is 0 Å². The lowest BCUT2D eigenvalue weighted by molar-refractivity contribution is -0.0438. The molecule has 0 aromatic heterocycles. The minimum atomic E-state index is -0.330. The highest BCUT2D eigenvalue weighted by Gasteiger charge is 2.29. The Kier molecular flexibility index (Phi) is 5.85. The van der Waals surface area contributed by atoms with E-state index in [1.807, 2.05) is 36.4 Å². The van der Waals surface area contributed by atoms with Crippen molar-refractivity contribution < 1.29 is 14.2 Å². The molecule has 2 atom stereocenters. The van der Waals surface area contributed by atoms with Crippen molar-refractivity contribution in [1.82, 2.24) is 5.32 Å². The Labute approximate surface area is 151 Å². The molecule has 1 aliphatic rings. The highest BCUT2D eigenvalue weighted by molar-refractivity contribution is 6.42. The van der Waals surface area contributed by atoms with Crippen LogP contribution < -0.4 is 14.8 Å². The first kappa shape index (κ1) is 17.4. The fraction of sp³-hybridized carbons (Fsp3) is 0.333. The standard InChI is InChI=1S/C18H19Cl2NO3/c1-22-15-4-2-3-5-16(15)24-18(17-11-21-8-9-23-17)12-6-7-13(19)14(20)10-12/h2-7,10,17-18,21H,8-9,11H2,1H3. The zero-order valence-corrected chi connectivity index (χ0v) is 14.8. The van der Waals surface area contributed by atoms with Crippen LogP contribution in [-0.2, 0) is 4.74 Å². The maximum Gasteiger partial charge on any atom is 0.162 e. The van der Waals surface area contributed by atoms with E-state index < -0.39 is 0 Å². The van der Waals surface area contributed by atoms with Crippen LogP contribution in [-0.4, -0.2) is 32.9 Å². The van der Waals surface area contributed by atoms with Crippen LogP contribution in [0.3, 0.4) is 0 Å². The molecule has 24 heavy (non-hydrogen) atoms. The quantitative estimate of drug-likeness (QED) is 0.862. The second kappa shape index (κ2) is 8.08. The van der Waals surface area contributed by atoms with Crippen molar-refractivity contribution in [3.05, 3.63) is 58.1 Å². The average Bonchev–Trinajstić information content (AvgIpc) is 2.63. The number of methoxy groups -OCH3 is 1. The molecular weight excluding hydrogens is 349 g/mol. The van der Waals surface area contributed by atoms with Crippen molar-refractivity contribution in [3.63, 3.8) is 0 Å². The number of para-hydroxylation sites is 2. The number of rotatable bonds is 5. The molecule has 0 aliphatic carbocycles. The van der Waals surface area contributed by atoms with Gasteiger partial charge < -0.3 is 19.5 Å². The van der Waals surface area contributed by atoms with Gasteiger partial charge in [-0.15, -0.1) is 0 Å². The number of benzene rings is 2. The Morgan fingerprint density at radius 1 is 1.12 bits per heavy atom. The van der Waals surface area contributed by atoms with Crippen LogP contribution in [0, 0.1) is 0 Å². The second-order valence-corrected chi connectivity index (χ2v) is 6.29. The lowest BCUT2D eigenvalue weighted by atomic mass is 10.0. The largest absolute Gasteiger partial charge is 0.493 e. The first-order valence-electron chi connectivity index (χ1n) is 7.76. The molecule has 6 heteroatoms. The Morgan fingerprint density at radius 2 is 1.92 bits per heavy atom. The lowest BCUT2D eigenvalue weighted by Crippen LogP contribution is -2.43. The smallest absolute Gasteiger partial charge is 0.162 e. The van der Waals surface area contributed by atoms with Gasteiger partial charge in [-0.1, -0.05) is 41.4 Å². The highest BCUT2D eigenvalue weighted by atomic mass is 35.5. The van der Waals surface area contributed by atoms with Gasteiger partial charge in [0.15, 0.2) is 17.6 Å². The minimum Gasteiger partial charge on any atom is -0.493 e. The normalized spacial score (nSPS) is 18.9. The van der Waals surface area contributed by atoms with Crippen molar-refractivity contribution in [1.29, 1.82) is 0 Å². The summed E-state index contributed by atoms with van der Waals surface area (Å²) in [5, 5.41) is 4.34. The molecule has 1 fully saturated rings. The highest BCUT2D eigenvalue weighted by Crippen LogP contribution is 2.35. The van der Waals surface area contributed by atoms with E-state index in [1.165, 1.54) is 0 Å². The van der Waals surface area contributed by atoms with Crippen LogP contribution in [0.1, 0.15) is 11.7 Å². The van der Waals surface area contributed by atoms with E-state index in [1.54, 1.807) is 13.2 Å². The first-order valence-corrected chi connectivity index (χ1v) is 8.51. The number of nitrogens with one attached hydrogen (secondary N) is 1. The summed E-state index contributed by atoms with van der Waals surface area (Å²) in [5.41, 5.74) is 0.906. The van der Waals surface area contributed by atoms with Gasteiger partial charge in [0, 0.05) is 13.1 Å². The molecule has 2 aromatic carbocycles. The van der Waals surface area contributed by atoms with Gasteiger partial charge in [-0.25, -0.2) is 0 Å². The van der Waals surface area contributed by atoms with E-state index in [0.717, 1.165) is 12.1 Å². The SMILES string of the molecule is COc1ccccc1OC(c1ccc(Cl)c(Cl)c1)C1CNCCO1. The van der Waals surface area contributed by atoms with E-state index in [2.05, 4.69) is 5.32 Å². The van der Waals surface area contributed by atoms with Crippen LogP contribution in [0.4, 0.5) is 0 Å². The molecule has 3 rings (SSSR count). The minimum absolute atomic E-state index is 0.138. The molecule has 1 N–H and O–H groups in total. The topological polar surface area (TPSA) is 39.7 Å². The summed E-state index contributed by atoms with van der Waals surface area (Å²) >= 11 is 12.2. The van der Waals surface area contributed by atoms with E-state index in [4.69, 9.17) is 37.4 Å². The van der Waals surface area contributed by atoms with Gasteiger partial charge in [-0.3, -0.25) is 0 Å². The van der Waals surface area contributed by atoms with E-state index in [-0.39, 0.29) is 12.2 Å². The lowest BCUT2D eigenvalue weighted by Gasteiger charge is -2.32. The number of hydrogen-bond acceptors (Lipinski definition) is 4. The summed E-state index contributed by atoms with van der Waals surface area (Å²) < 4.78 is 17.6. The first-order chi connectivity index (χ1) is 11.7. The fourth-order valence-corrected chi connectivity index (χ4v) is 2.99. The number of hydrogen-bond donors (Lipinski definition) is 1. The van der Waals surface area contributed by atoms with Crippen LogP contribution in [0.5, 0.6) is 11.5 Å². The summed E-state index contributed by atoms with van der Waals surface area (Å²) in [7, 11) is 1.62. The Morgan fingerprint density at radius 3 is 2.58 bits per heavy atom. The van der Waals surface area contributed by atoms with Crippen LogP contribution in [0.15, 0.2) is 42.5 Å². The van der Waals surface area contributed by atoms with Crippen molar-refractivity contribution in [2.24, 2.45) is 0 Å². The summed E-state index contributed by atoms with van der Waals surface area (Å²) in [4.78, 5) is 0. The molecular formula is C18H19Cl2NO3. The molecule has 128 valence electrons. The maximum absolute atomic E-state index is 6.27. The predicted molar refractivity (Wildman–Crippen MR) is 95.4 cm³/mol. The number of ether oxygens (including phenoxy) is 3. The molecule has 0 bridgehead atoms. The Bertz CT molecular complexity index is 690. The van der Waals surface area contributed by atoms with Gasteiger partial charge in [0.05, 0.1) is 23.8 Å². The van der Waals surface area contributed by atoms with Gasteiger partial charge in [-0.05, 0) is 29.8 Å². The fourth-order valence-electron chi connectivity index (χ4n) is 2.68. The molecule has 0 radical (unpaired) electrons. The molecule has 1 heterocycles. The third kappa shape index (κ3) is 3.95. The molecule has 0 saturated carbocycles. The monoisotopic (exact) mass is 367 g/mol. The summed E-state index contributed by atoms with van der Waals surface area (Å²) in [6, 6.07) is 13.0. The van der Waals surface area contributed by atoms with Crippen molar-refractivity contribution >= 4 is 23.2 Å². The van der Waals surface area contributed by atoms with E-state index >= 15 is 0 Å². The van der Waals surface area contributed by atoms with Crippen molar-refractivity contribution in [3.8, 4) is 11.5 Å². The molecule has 2 aromatic rings. The molecule has 4 nitrogen and oxygen atoms in total. The summed E-state index contributed by atoms with van der Waals surface area (Å²) in [6.07, 6.45) is -0.468. The Balaban J connectivity index is 1.93. The van der Waals surface area contributed by atoms with E-state index in [9.17, 15) is 0 Å². The third-order valence-corrected chi connectivity index (χ3v) is 4.63. The van der Waals surface area contributed by atoms with E-state index in [0.29, 0.717) is 34.7 Å².